The average molecular weight is 376 g/mol. The molecule has 1 N–H and O–H groups in total. The lowest BCUT2D eigenvalue weighted by molar-refractivity contribution is -0.0538. The fourth-order valence-corrected chi connectivity index (χ4v) is 4.72. The molecule has 0 bridgehead atoms. The van der Waals surface area contributed by atoms with Gasteiger partial charge in [-0.15, -0.1) is 0 Å². The highest BCUT2D eigenvalue weighted by Crippen LogP contribution is 2.52. The maximum atomic E-state index is 12.6. The minimum absolute atomic E-state index is 0.198. The van der Waals surface area contributed by atoms with Crippen molar-refractivity contribution in [3.63, 3.8) is 0 Å². The summed E-state index contributed by atoms with van der Waals surface area (Å²) < 4.78 is 64.9. The van der Waals surface area contributed by atoms with Crippen LogP contribution in [0.5, 0.6) is 0 Å². The van der Waals surface area contributed by atoms with Gasteiger partial charge in [-0.2, -0.15) is 21.6 Å². The summed E-state index contributed by atoms with van der Waals surface area (Å²) in [5.41, 5.74) is -3.59. The number of aliphatic hydroxyl groups is 1. The lowest BCUT2D eigenvalue weighted by Crippen LogP contribution is -2.45. The van der Waals surface area contributed by atoms with Crippen LogP contribution in [0.4, 0.5) is 13.2 Å². The van der Waals surface area contributed by atoms with E-state index >= 15 is 0 Å². The van der Waals surface area contributed by atoms with Crippen LogP contribution in [0.1, 0.15) is 30.9 Å². The van der Waals surface area contributed by atoms with Crippen molar-refractivity contribution in [3.05, 3.63) is 47.2 Å². The van der Waals surface area contributed by atoms with Crippen molar-refractivity contribution in [1.29, 1.82) is 0 Å². The second-order valence-electron chi connectivity index (χ2n) is 6.80. The summed E-state index contributed by atoms with van der Waals surface area (Å²) in [6.07, 6.45) is 3.11. The predicted molar refractivity (Wildman–Crippen MR) is 84.9 cm³/mol. The number of allylic oxidation sites excluding steroid dienone is 1. The van der Waals surface area contributed by atoms with E-state index in [2.05, 4.69) is 4.18 Å². The summed E-state index contributed by atoms with van der Waals surface area (Å²) in [5, 5.41) is 9.77. The van der Waals surface area contributed by atoms with Crippen LogP contribution in [-0.4, -0.2) is 25.6 Å². The zero-order valence-corrected chi connectivity index (χ0v) is 14.4. The van der Waals surface area contributed by atoms with Crippen LogP contribution < -0.4 is 0 Å². The Morgan fingerprint density at radius 2 is 2.00 bits per heavy atom. The predicted octanol–water partition coefficient (Wildman–Crippen LogP) is 3.27. The third-order valence-corrected chi connectivity index (χ3v) is 6.42. The normalized spacial score (nSPS) is 29.4. The number of aliphatic hydroxyl groups excluding tert-OH is 1. The number of fused-ring (bicyclic) bond motifs is 3. The topological polar surface area (TPSA) is 63.6 Å². The zero-order valence-electron chi connectivity index (χ0n) is 13.6. The molecule has 0 unspecified atom stereocenters. The minimum atomic E-state index is -5.74. The molecule has 4 nitrogen and oxygen atoms in total. The Balaban J connectivity index is 1.99. The van der Waals surface area contributed by atoms with Gasteiger partial charge in [-0.3, -0.25) is 0 Å². The first kappa shape index (κ1) is 18.3. The molecule has 0 saturated carbocycles. The van der Waals surface area contributed by atoms with Crippen LogP contribution >= 0.6 is 0 Å². The van der Waals surface area contributed by atoms with E-state index in [1.54, 1.807) is 0 Å². The molecule has 0 fully saturated rings. The summed E-state index contributed by atoms with van der Waals surface area (Å²) in [4.78, 5) is 0. The van der Waals surface area contributed by atoms with Crippen LogP contribution in [0, 0.1) is 11.8 Å². The molecule has 2 aliphatic carbocycles. The van der Waals surface area contributed by atoms with Crippen molar-refractivity contribution < 1.29 is 30.9 Å². The Labute approximate surface area is 144 Å². The van der Waals surface area contributed by atoms with Crippen LogP contribution in [0.3, 0.4) is 0 Å². The largest absolute Gasteiger partial charge is 0.534 e. The fourth-order valence-electron chi connectivity index (χ4n) is 4.18. The van der Waals surface area contributed by atoms with E-state index in [-0.39, 0.29) is 17.1 Å². The highest BCUT2D eigenvalue weighted by atomic mass is 32.2. The average Bonchev–Trinajstić information content (AvgIpc) is 2.54. The standard InChI is InChI=1S/C17H19F3O4S/c1-16-9-8-15(24-25(22,23)17(18,19)20)12(10-21)14(16)7-6-11-4-2-3-5-13(11)16/h2-5,8,12,14,21H,6-7,9-10H2,1H3/t12-,14+,16-/m1/s1. The van der Waals surface area contributed by atoms with E-state index in [4.69, 9.17) is 0 Å². The smallest absolute Gasteiger partial charge is 0.396 e. The van der Waals surface area contributed by atoms with Gasteiger partial charge in [0.25, 0.3) is 0 Å². The lowest BCUT2D eigenvalue weighted by atomic mass is 9.56. The number of alkyl halides is 3. The molecule has 0 aromatic heterocycles. The molecule has 3 atom stereocenters. The van der Waals surface area contributed by atoms with Crippen molar-refractivity contribution >= 4 is 10.1 Å². The van der Waals surface area contributed by atoms with Gasteiger partial charge in [-0.05, 0) is 47.8 Å². The number of halogens is 3. The summed E-state index contributed by atoms with van der Waals surface area (Å²) in [7, 11) is -5.74. The molecule has 2 aliphatic rings. The van der Waals surface area contributed by atoms with Gasteiger partial charge in [-0.25, -0.2) is 0 Å². The minimum Gasteiger partial charge on any atom is -0.396 e. The van der Waals surface area contributed by atoms with E-state index in [1.807, 2.05) is 31.2 Å². The second-order valence-corrected chi connectivity index (χ2v) is 8.34. The number of aryl methyl sites for hydroxylation is 1. The number of rotatable bonds is 3. The quantitative estimate of drug-likeness (QED) is 0.650. The number of hydrogen-bond donors (Lipinski definition) is 1. The SMILES string of the molecule is C[C@]12CC=C(OS(=O)(=O)C(F)(F)F)[C@H](CO)[C@@H]1CCc1ccccc12. The highest BCUT2D eigenvalue weighted by molar-refractivity contribution is 7.87. The molecule has 0 amide bonds. The van der Waals surface area contributed by atoms with Gasteiger partial charge in [0, 0.05) is 5.92 Å². The van der Waals surface area contributed by atoms with Crippen molar-refractivity contribution in [2.75, 3.05) is 6.61 Å². The summed E-state index contributed by atoms with van der Waals surface area (Å²) in [6.45, 7) is 1.53. The van der Waals surface area contributed by atoms with Gasteiger partial charge in [0.2, 0.25) is 0 Å². The van der Waals surface area contributed by atoms with Crippen molar-refractivity contribution in [3.8, 4) is 0 Å². The third kappa shape index (κ3) is 2.95. The Hall–Kier alpha value is -1.54. The van der Waals surface area contributed by atoms with Gasteiger partial charge >= 0.3 is 15.6 Å². The molecule has 8 heteroatoms. The third-order valence-electron chi connectivity index (χ3n) is 5.44. The van der Waals surface area contributed by atoms with Crippen LogP contribution in [0.25, 0.3) is 0 Å². The van der Waals surface area contributed by atoms with Gasteiger partial charge in [0.1, 0.15) is 5.76 Å². The van der Waals surface area contributed by atoms with Crippen LogP contribution in [0.2, 0.25) is 0 Å². The lowest BCUT2D eigenvalue weighted by Gasteiger charge is -2.48. The molecule has 0 radical (unpaired) electrons. The van der Waals surface area contributed by atoms with Crippen molar-refractivity contribution in [2.45, 2.75) is 37.1 Å². The van der Waals surface area contributed by atoms with Crippen molar-refractivity contribution in [1.82, 2.24) is 0 Å². The first-order chi connectivity index (χ1) is 11.6. The van der Waals surface area contributed by atoms with Crippen LogP contribution in [0.15, 0.2) is 36.1 Å². The van der Waals surface area contributed by atoms with E-state index in [0.717, 1.165) is 12.0 Å². The zero-order chi connectivity index (χ0) is 18.5. The van der Waals surface area contributed by atoms with Gasteiger partial charge in [0.05, 0.1) is 6.61 Å². The maximum Gasteiger partial charge on any atom is 0.534 e. The molecule has 0 saturated heterocycles. The molecular formula is C17H19F3O4S. The summed E-state index contributed by atoms with van der Waals surface area (Å²) in [6, 6.07) is 7.86. The number of hydrogen-bond acceptors (Lipinski definition) is 4. The first-order valence-corrected chi connectivity index (χ1v) is 9.41. The second kappa shape index (κ2) is 6.02. The Kier molecular flexibility index (Phi) is 4.39. The molecule has 0 spiro atoms. The molecule has 0 aliphatic heterocycles. The van der Waals surface area contributed by atoms with E-state index < -0.39 is 28.2 Å². The highest BCUT2D eigenvalue weighted by Gasteiger charge is 2.52. The maximum absolute atomic E-state index is 12.6. The molecule has 138 valence electrons. The van der Waals surface area contributed by atoms with E-state index in [0.29, 0.717) is 12.8 Å². The first-order valence-electron chi connectivity index (χ1n) is 8.00. The fraction of sp³-hybridized carbons (Fsp3) is 0.529. The molecular weight excluding hydrogens is 357 g/mol. The van der Waals surface area contributed by atoms with E-state index in [1.165, 1.54) is 11.6 Å². The van der Waals surface area contributed by atoms with E-state index in [9.17, 15) is 26.7 Å². The van der Waals surface area contributed by atoms with Gasteiger partial charge in [-0.1, -0.05) is 31.2 Å². The molecule has 1 aromatic carbocycles. The molecule has 25 heavy (non-hydrogen) atoms. The van der Waals surface area contributed by atoms with Crippen molar-refractivity contribution in [2.24, 2.45) is 11.8 Å². The van der Waals surface area contributed by atoms with Gasteiger partial charge < -0.3 is 9.29 Å². The summed E-state index contributed by atoms with van der Waals surface area (Å²) in [5.74, 6) is -1.29. The molecule has 1 aromatic rings. The Morgan fingerprint density at radius 3 is 2.64 bits per heavy atom. The summed E-state index contributed by atoms with van der Waals surface area (Å²) >= 11 is 0. The number of benzene rings is 1. The Bertz CT molecular complexity index is 800. The Morgan fingerprint density at radius 1 is 1.32 bits per heavy atom. The molecule has 3 rings (SSSR count). The van der Waals surface area contributed by atoms with Crippen LogP contribution in [-0.2, 0) is 26.1 Å². The van der Waals surface area contributed by atoms with Gasteiger partial charge in [0.15, 0.2) is 0 Å². The monoisotopic (exact) mass is 376 g/mol. The molecule has 0 heterocycles.